The Morgan fingerprint density at radius 2 is 1.79 bits per heavy atom. The van der Waals surface area contributed by atoms with E-state index in [0.717, 1.165) is 24.1 Å². The Balaban J connectivity index is 1.14. The van der Waals surface area contributed by atoms with Crippen LogP contribution in [0, 0.1) is 5.92 Å². The molecule has 1 aromatic heterocycles. The molecule has 6 rings (SSSR count). The topological polar surface area (TPSA) is 81.2 Å². The molecule has 0 bridgehead atoms. The van der Waals surface area contributed by atoms with Gasteiger partial charge in [0.25, 0.3) is 11.8 Å². The predicted octanol–water partition coefficient (Wildman–Crippen LogP) is 5.29. The van der Waals surface area contributed by atoms with Crippen molar-refractivity contribution in [3.05, 3.63) is 87.1 Å². The van der Waals surface area contributed by atoms with E-state index in [0.29, 0.717) is 36.3 Å². The molecule has 2 saturated heterocycles. The van der Waals surface area contributed by atoms with Gasteiger partial charge in [-0.2, -0.15) is 24.5 Å². The zero-order chi connectivity index (χ0) is 29.6. The van der Waals surface area contributed by atoms with Crippen molar-refractivity contribution < 1.29 is 32.7 Å². The highest BCUT2D eigenvalue weighted by Crippen LogP contribution is 2.38. The van der Waals surface area contributed by atoms with Crippen molar-refractivity contribution in [2.75, 3.05) is 31.1 Å². The molecule has 7 nitrogen and oxygen atoms in total. The lowest BCUT2D eigenvalue weighted by molar-refractivity contribution is -0.140. The number of alkyl halides is 3. The van der Waals surface area contributed by atoms with Gasteiger partial charge in [0.15, 0.2) is 0 Å². The number of carbonyl (C=O) groups is 3. The highest BCUT2D eigenvalue weighted by atomic mass is 32.1. The molecule has 1 N–H and O–H groups in total. The minimum absolute atomic E-state index is 0.0696. The second-order valence-corrected chi connectivity index (χ2v) is 12.0. The molecular weight excluding hydrogens is 567 g/mol. The quantitative estimate of drug-likeness (QED) is 0.405. The number of hydrogen-bond acceptors (Lipinski definition) is 6. The van der Waals surface area contributed by atoms with Gasteiger partial charge in [-0.3, -0.25) is 19.3 Å². The number of imide groups is 1. The van der Waals surface area contributed by atoms with Crippen molar-refractivity contribution in [1.29, 1.82) is 0 Å². The smallest absolute Gasteiger partial charge is 0.385 e. The number of aliphatic hydroxyl groups is 1. The summed E-state index contributed by atoms with van der Waals surface area (Å²) >= 11 is 1.50. The summed E-state index contributed by atoms with van der Waals surface area (Å²) < 4.78 is 39.7. The van der Waals surface area contributed by atoms with E-state index in [4.69, 9.17) is 0 Å². The predicted molar refractivity (Wildman–Crippen MR) is 151 cm³/mol. The molecular formula is C31H30F3N3O4S. The van der Waals surface area contributed by atoms with Crippen LogP contribution in [0.25, 0.3) is 0 Å². The van der Waals surface area contributed by atoms with E-state index >= 15 is 0 Å². The van der Waals surface area contributed by atoms with E-state index < -0.39 is 17.3 Å². The lowest BCUT2D eigenvalue weighted by atomic mass is 9.83. The van der Waals surface area contributed by atoms with E-state index in [-0.39, 0.29) is 61.7 Å². The van der Waals surface area contributed by atoms with Crippen LogP contribution in [0.5, 0.6) is 0 Å². The average Bonchev–Trinajstić information content (AvgIpc) is 3.60. The lowest BCUT2D eigenvalue weighted by Crippen LogP contribution is -2.50. The molecule has 0 spiro atoms. The Morgan fingerprint density at radius 3 is 2.50 bits per heavy atom. The van der Waals surface area contributed by atoms with Crippen LogP contribution in [-0.4, -0.2) is 58.8 Å². The largest absolute Gasteiger partial charge is 0.416 e. The Morgan fingerprint density at radius 1 is 1.02 bits per heavy atom. The molecule has 0 saturated carbocycles. The maximum atomic E-state index is 13.6. The van der Waals surface area contributed by atoms with Gasteiger partial charge >= 0.3 is 6.18 Å². The number of halogens is 3. The zero-order valence-corrected chi connectivity index (χ0v) is 23.6. The summed E-state index contributed by atoms with van der Waals surface area (Å²) in [5.74, 6) is -1.08. The highest BCUT2D eigenvalue weighted by Gasteiger charge is 2.42. The molecule has 42 heavy (non-hydrogen) atoms. The van der Waals surface area contributed by atoms with Crippen molar-refractivity contribution in [1.82, 2.24) is 9.80 Å². The molecule has 3 aliphatic rings. The maximum absolute atomic E-state index is 13.6. The van der Waals surface area contributed by atoms with Gasteiger partial charge < -0.3 is 14.9 Å². The van der Waals surface area contributed by atoms with Gasteiger partial charge in [-0.05, 0) is 77.9 Å². The number of hydrogen-bond donors (Lipinski definition) is 1. The van der Waals surface area contributed by atoms with Gasteiger partial charge in [0.1, 0.15) is 0 Å². The fraction of sp³-hybridized carbons (Fsp3) is 0.387. The van der Waals surface area contributed by atoms with Crippen LogP contribution in [0.3, 0.4) is 0 Å². The summed E-state index contributed by atoms with van der Waals surface area (Å²) in [6.07, 6.45) is -2.84. The molecule has 3 aromatic rings. The first-order chi connectivity index (χ1) is 20.0. The Hall–Kier alpha value is -3.70. The highest BCUT2D eigenvalue weighted by molar-refractivity contribution is 7.07. The lowest BCUT2D eigenvalue weighted by Gasteiger charge is -2.41. The number of benzene rings is 2. The zero-order valence-electron chi connectivity index (χ0n) is 22.8. The number of rotatable bonds is 5. The van der Waals surface area contributed by atoms with Crippen LogP contribution in [-0.2, 0) is 23.1 Å². The van der Waals surface area contributed by atoms with Crippen LogP contribution < -0.4 is 4.90 Å². The number of anilines is 1. The van der Waals surface area contributed by atoms with Gasteiger partial charge in [0.05, 0.1) is 40.4 Å². The second kappa shape index (κ2) is 10.9. The minimum atomic E-state index is -4.50. The van der Waals surface area contributed by atoms with Gasteiger partial charge in [0, 0.05) is 26.2 Å². The minimum Gasteiger partial charge on any atom is -0.385 e. The molecule has 0 aliphatic carbocycles. The normalized spacial score (nSPS) is 20.7. The fourth-order valence-corrected chi connectivity index (χ4v) is 6.97. The van der Waals surface area contributed by atoms with Gasteiger partial charge in [-0.25, -0.2) is 0 Å². The molecule has 2 aromatic carbocycles. The second-order valence-electron chi connectivity index (χ2n) is 11.2. The molecule has 0 unspecified atom stereocenters. The molecule has 2 fully saturated rings. The summed E-state index contributed by atoms with van der Waals surface area (Å²) in [4.78, 5) is 45.1. The number of amides is 3. The van der Waals surface area contributed by atoms with Crippen molar-refractivity contribution in [2.45, 2.75) is 44.0 Å². The van der Waals surface area contributed by atoms with Crippen LogP contribution in [0.15, 0.2) is 59.3 Å². The summed E-state index contributed by atoms with van der Waals surface area (Å²) in [7, 11) is 0. The molecule has 220 valence electrons. The van der Waals surface area contributed by atoms with Crippen LogP contribution in [0.4, 0.5) is 18.9 Å². The average molecular weight is 598 g/mol. The van der Waals surface area contributed by atoms with Crippen LogP contribution in [0.1, 0.15) is 63.1 Å². The molecule has 4 heterocycles. The third-order valence-electron chi connectivity index (χ3n) is 8.64. The van der Waals surface area contributed by atoms with E-state index in [9.17, 15) is 32.7 Å². The Kier molecular flexibility index (Phi) is 7.34. The first-order valence-corrected chi connectivity index (χ1v) is 14.9. The Labute approximate surface area is 245 Å². The first kappa shape index (κ1) is 28.4. The van der Waals surface area contributed by atoms with E-state index in [2.05, 4.69) is 0 Å². The van der Waals surface area contributed by atoms with Gasteiger partial charge in [0.2, 0.25) is 5.91 Å². The van der Waals surface area contributed by atoms with Crippen molar-refractivity contribution in [2.24, 2.45) is 5.92 Å². The third-order valence-corrected chi connectivity index (χ3v) is 9.37. The van der Waals surface area contributed by atoms with Crippen LogP contribution in [0.2, 0.25) is 0 Å². The van der Waals surface area contributed by atoms with Crippen molar-refractivity contribution in [3.63, 3.8) is 0 Å². The van der Waals surface area contributed by atoms with Gasteiger partial charge in [-0.15, -0.1) is 0 Å². The fourth-order valence-electron chi connectivity index (χ4n) is 6.31. The molecule has 1 atom stereocenters. The number of fused-ring (bicyclic) bond motifs is 1. The number of nitrogens with zero attached hydrogens (tertiary/aromatic N) is 3. The first-order valence-electron chi connectivity index (χ1n) is 14.0. The summed E-state index contributed by atoms with van der Waals surface area (Å²) in [6, 6.07) is 11.9. The number of likely N-dealkylation sites (tertiary alicyclic amines) is 1. The molecule has 3 amide bonds. The number of carbonyl (C=O) groups excluding carboxylic acids is 3. The standard InChI is InChI=1S/C31H30F3N3O4S/c32-31(33,34)23-6-1-5-22(16-23)30(41)10-13-35(14-11-30)27(38)21-4-3-12-36(18-21)25-8-2-7-24-26(25)29(40)37(28(24)39)17-20-9-15-42-19-20/h1-2,5-9,15-16,19,21,41H,3-4,10-14,17-18H2/t21-/m1/s1. The Bertz CT molecular complexity index is 1520. The summed E-state index contributed by atoms with van der Waals surface area (Å²) in [6.45, 7) is 1.69. The maximum Gasteiger partial charge on any atom is 0.416 e. The summed E-state index contributed by atoms with van der Waals surface area (Å²) in [5.41, 5.74) is 0.231. The monoisotopic (exact) mass is 597 g/mol. The van der Waals surface area contributed by atoms with E-state index in [1.807, 2.05) is 27.8 Å². The number of thiophene rings is 1. The van der Waals surface area contributed by atoms with Gasteiger partial charge in [-0.1, -0.05) is 18.2 Å². The SMILES string of the molecule is O=C([C@@H]1CCCN(c2cccc3c2C(=O)N(Cc2ccsc2)C3=O)C1)N1CCC(O)(c2cccc(C(F)(F)F)c2)CC1. The van der Waals surface area contributed by atoms with E-state index in [1.54, 1.807) is 17.0 Å². The molecule has 11 heteroatoms. The third kappa shape index (κ3) is 5.20. The van der Waals surface area contributed by atoms with Crippen molar-refractivity contribution in [3.8, 4) is 0 Å². The van der Waals surface area contributed by atoms with Crippen molar-refractivity contribution >= 4 is 34.7 Å². The number of piperidine rings is 2. The van der Waals surface area contributed by atoms with Crippen LogP contribution >= 0.6 is 11.3 Å². The van der Waals surface area contributed by atoms with E-state index in [1.165, 1.54) is 28.4 Å². The summed E-state index contributed by atoms with van der Waals surface area (Å²) in [5, 5.41) is 15.0. The molecule has 0 radical (unpaired) electrons. The molecule has 3 aliphatic heterocycles.